The number of para-hydroxylation sites is 1. The first-order valence-corrected chi connectivity index (χ1v) is 7.50. The molecule has 0 saturated carbocycles. The van der Waals surface area contributed by atoms with E-state index in [1.165, 1.54) is 5.56 Å². The second-order valence-corrected chi connectivity index (χ2v) is 5.06. The van der Waals surface area contributed by atoms with E-state index in [1.807, 2.05) is 36.7 Å². The van der Waals surface area contributed by atoms with Crippen molar-refractivity contribution in [1.29, 1.82) is 0 Å². The van der Waals surface area contributed by atoms with Crippen molar-refractivity contribution in [3.05, 3.63) is 41.5 Å². The molecule has 2 rings (SSSR count). The van der Waals surface area contributed by atoms with Gasteiger partial charge in [0.2, 0.25) is 0 Å². The van der Waals surface area contributed by atoms with Crippen molar-refractivity contribution in [1.82, 2.24) is 20.1 Å². The van der Waals surface area contributed by atoms with Gasteiger partial charge in [0.25, 0.3) is 0 Å². The first-order chi connectivity index (χ1) is 10.2. The standard InChI is InChI=1S/C16H24N4O/c1-4-9-17-12-15-7-5-6-8-16(15)21-11-10-20-14(3)18-13(2)19-20/h5-8,17H,4,9-12H2,1-3H3. The maximum Gasteiger partial charge on any atom is 0.147 e. The highest BCUT2D eigenvalue weighted by atomic mass is 16.5. The molecular weight excluding hydrogens is 264 g/mol. The van der Waals surface area contributed by atoms with Crippen LogP contribution >= 0.6 is 0 Å². The van der Waals surface area contributed by atoms with E-state index in [-0.39, 0.29) is 0 Å². The molecule has 0 atom stereocenters. The van der Waals surface area contributed by atoms with Gasteiger partial charge in [-0.1, -0.05) is 25.1 Å². The van der Waals surface area contributed by atoms with Crippen molar-refractivity contribution in [3.63, 3.8) is 0 Å². The molecule has 0 saturated heterocycles. The van der Waals surface area contributed by atoms with Gasteiger partial charge < -0.3 is 10.1 Å². The van der Waals surface area contributed by atoms with Crippen LogP contribution in [0, 0.1) is 13.8 Å². The summed E-state index contributed by atoms with van der Waals surface area (Å²) in [7, 11) is 0. The third-order valence-electron chi connectivity index (χ3n) is 3.24. The van der Waals surface area contributed by atoms with Crippen LogP contribution in [-0.2, 0) is 13.1 Å². The zero-order valence-electron chi connectivity index (χ0n) is 13.1. The van der Waals surface area contributed by atoms with Crippen molar-refractivity contribution >= 4 is 0 Å². The van der Waals surface area contributed by atoms with Crippen molar-refractivity contribution < 1.29 is 4.74 Å². The molecule has 0 aliphatic rings. The lowest BCUT2D eigenvalue weighted by atomic mass is 10.2. The normalized spacial score (nSPS) is 10.8. The van der Waals surface area contributed by atoms with Crippen LogP contribution in [0.2, 0.25) is 0 Å². The third kappa shape index (κ3) is 4.56. The Kier molecular flexibility index (Phi) is 5.75. The second kappa shape index (κ2) is 7.78. The van der Waals surface area contributed by atoms with E-state index in [2.05, 4.69) is 28.4 Å². The molecule has 114 valence electrons. The predicted molar refractivity (Wildman–Crippen MR) is 83.4 cm³/mol. The van der Waals surface area contributed by atoms with Crippen LogP contribution in [-0.4, -0.2) is 27.9 Å². The van der Waals surface area contributed by atoms with Gasteiger partial charge in [-0.15, -0.1) is 0 Å². The Hall–Kier alpha value is -1.88. The van der Waals surface area contributed by atoms with E-state index in [0.717, 1.165) is 36.9 Å². The van der Waals surface area contributed by atoms with Crippen LogP contribution in [0.1, 0.15) is 30.6 Å². The summed E-state index contributed by atoms with van der Waals surface area (Å²) in [6.07, 6.45) is 1.13. The zero-order valence-corrected chi connectivity index (χ0v) is 13.1. The number of hydrogen-bond acceptors (Lipinski definition) is 4. The monoisotopic (exact) mass is 288 g/mol. The molecule has 21 heavy (non-hydrogen) atoms. The quantitative estimate of drug-likeness (QED) is 0.758. The molecule has 1 aromatic carbocycles. The summed E-state index contributed by atoms with van der Waals surface area (Å²) < 4.78 is 7.79. The number of aromatic nitrogens is 3. The average molecular weight is 288 g/mol. The summed E-state index contributed by atoms with van der Waals surface area (Å²) in [5, 5.41) is 7.74. The number of nitrogens with one attached hydrogen (secondary N) is 1. The Morgan fingerprint density at radius 1 is 1.24 bits per heavy atom. The molecule has 0 spiro atoms. The van der Waals surface area contributed by atoms with E-state index < -0.39 is 0 Å². The van der Waals surface area contributed by atoms with Gasteiger partial charge in [0.15, 0.2) is 0 Å². The molecular formula is C16H24N4O. The highest BCUT2D eigenvalue weighted by Crippen LogP contribution is 2.17. The fraction of sp³-hybridized carbons (Fsp3) is 0.500. The highest BCUT2D eigenvalue weighted by Gasteiger charge is 2.05. The Morgan fingerprint density at radius 2 is 2.05 bits per heavy atom. The Morgan fingerprint density at radius 3 is 2.76 bits per heavy atom. The van der Waals surface area contributed by atoms with Crippen LogP contribution in [0.15, 0.2) is 24.3 Å². The Balaban J connectivity index is 1.89. The molecule has 0 unspecified atom stereocenters. The van der Waals surface area contributed by atoms with Crippen molar-refractivity contribution in [2.24, 2.45) is 0 Å². The largest absolute Gasteiger partial charge is 0.491 e. The van der Waals surface area contributed by atoms with Gasteiger partial charge in [-0.3, -0.25) is 0 Å². The van der Waals surface area contributed by atoms with Crippen LogP contribution < -0.4 is 10.1 Å². The molecule has 0 bridgehead atoms. The first-order valence-electron chi connectivity index (χ1n) is 7.50. The Labute approximate surface area is 126 Å². The summed E-state index contributed by atoms with van der Waals surface area (Å²) in [6, 6.07) is 8.16. The van der Waals surface area contributed by atoms with E-state index in [0.29, 0.717) is 13.2 Å². The molecule has 0 amide bonds. The topological polar surface area (TPSA) is 52.0 Å². The summed E-state index contributed by atoms with van der Waals surface area (Å²) >= 11 is 0. The number of benzene rings is 1. The minimum absolute atomic E-state index is 0.592. The molecule has 0 aliphatic carbocycles. The van der Waals surface area contributed by atoms with Crippen molar-refractivity contribution in [2.45, 2.75) is 40.3 Å². The summed E-state index contributed by atoms with van der Waals surface area (Å²) in [6.45, 7) is 9.19. The Bertz CT molecular complexity index is 565. The number of ether oxygens (including phenoxy) is 1. The molecule has 1 heterocycles. The number of rotatable bonds is 8. The SMILES string of the molecule is CCCNCc1ccccc1OCCn1nc(C)nc1C. The molecule has 1 aromatic heterocycles. The molecule has 1 N–H and O–H groups in total. The van der Waals surface area contributed by atoms with Gasteiger partial charge in [0.1, 0.15) is 24.0 Å². The van der Waals surface area contributed by atoms with E-state index in [1.54, 1.807) is 0 Å². The van der Waals surface area contributed by atoms with Gasteiger partial charge in [0, 0.05) is 12.1 Å². The number of nitrogens with zero attached hydrogens (tertiary/aromatic N) is 3. The van der Waals surface area contributed by atoms with Gasteiger partial charge >= 0.3 is 0 Å². The van der Waals surface area contributed by atoms with Crippen LogP contribution in [0.3, 0.4) is 0 Å². The van der Waals surface area contributed by atoms with Crippen molar-refractivity contribution in [3.8, 4) is 5.75 Å². The third-order valence-corrected chi connectivity index (χ3v) is 3.24. The van der Waals surface area contributed by atoms with Gasteiger partial charge in [-0.25, -0.2) is 9.67 Å². The molecule has 0 aliphatic heterocycles. The molecule has 5 heteroatoms. The number of hydrogen-bond donors (Lipinski definition) is 1. The summed E-state index contributed by atoms with van der Waals surface area (Å²) in [5.41, 5.74) is 1.19. The van der Waals surface area contributed by atoms with Gasteiger partial charge in [-0.05, 0) is 32.9 Å². The zero-order chi connectivity index (χ0) is 15.1. The molecule has 2 aromatic rings. The van der Waals surface area contributed by atoms with Gasteiger partial charge in [0.05, 0.1) is 6.54 Å². The fourth-order valence-corrected chi connectivity index (χ4v) is 2.21. The van der Waals surface area contributed by atoms with Gasteiger partial charge in [-0.2, -0.15) is 5.10 Å². The fourth-order valence-electron chi connectivity index (χ4n) is 2.21. The first kappa shape index (κ1) is 15.5. The maximum absolute atomic E-state index is 5.91. The smallest absolute Gasteiger partial charge is 0.147 e. The minimum Gasteiger partial charge on any atom is -0.491 e. The van der Waals surface area contributed by atoms with Crippen LogP contribution in [0.5, 0.6) is 5.75 Å². The molecule has 0 fully saturated rings. The molecule has 5 nitrogen and oxygen atoms in total. The van der Waals surface area contributed by atoms with E-state index in [9.17, 15) is 0 Å². The lowest BCUT2D eigenvalue weighted by Crippen LogP contribution is -2.16. The van der Waals surface area contributed by atoms with Crippen molar-refractivity contribution in [2.75, 3.05) is 13.2 Å². The summed E-state index contributed by atoms with van der Waals surface area (Å²) in [4.78, 5) is 4.29. The lowest BCUT2D eigenvalue weighted by molar-refractivity contribution is 0.286. The average Bonchev–Trinajstić information content (AvgIpc) is 2.79. The van der Waals surface area contributed by atoms with Crippen LogP contribution in [0.25, 0.3) is 0 Å². The number of aryl methyl sites for hydroxylation is 2. The highest BCUT2D eigenvalue weighted by molar-refractivity contribution is 5.33. The minimum atomic E-state index is 0.592. The maximum atomic E-state index is 5.91. The molecule has 0 radical (unpaired) electrons. The second-order valence-electron chi connectivity index (χ2n) is 5.06. The van der Waals surface area contributed by atoms with E-state index in [4.69, 9.17) is 4.74 Å². The summed E-state index contributed by atoms with van der Waals surface area (Å²) in [5.74, 6) is 2.67. The predicted octanol–water partition coefficient (Wildman–Crippen LogP) is 2.47. The van der Waals surface area contributed by atoms with Crippen LogP contribution in [0.4, 0.5) is 0 Å². The van der Waals surface area contributed by atoms with E-state index >= 15 is 0 Å². The lowest BCUT2D eigenvalue weighted by Gasteiger charge is -2.12.